The van der Waals surface area contributed by atoms with Gasteiger partial charge in [-0.1, -0.05) is 20.8 Å². The minimum atomic E-state index is -0.0761. The summed E-state index contributed by atoms with van der Waals surface area (Å²) in [5.74, 6) is 0.678. The number of amides is 1. The van der Waals surface area contributed by atoms with E-state index in [1.165, 1.54) is 0 Å². The van der Waals surface area contributed by atoms with Crippen molar-refractivity contribution in [3.8, 4) is 0 Å². The maximum atomic E-state index is 12.2. The molecule has 0 aliphatic carbocycles. The molecule has 1 aliphatic rings. The molecule has 0 spiro atoms. The fourth-order valence-electron chi connectivity index (χ4n) is 2.29. The fraction of sp³-hybridized carbons (Fsp3) is 0.929. The van der Waals surface area contributed by atoms with Crippen LogP contribution < -0.4 is 5.73 Å². The summed E-state index contributed by atoms with van der Waals surface area (Å²) < 4.78 is 5.18. The molecule has 4 heteroatoms. The van der Waals surface area contributed by atoms with Gasteiger partial charge in [-0.2, -0.15) is 0 Å². The van der Waals surface area contributed by atoms with Crippen LogP contribution in [-0.2, 0) is 9.53 Å². The molecule has 18 heavy (non-hydrogen) atoms. The Morgan fingerprint density at radius 1 is 1.50 bits per heavy atom. The summed E-state index contributed by atoms with van der Waals surface area (Å²) in [6.45, 7) is 8.67. The Hall–Kier alpha value is -0.610. The normalized spacial score (nSPS) is 22.9. The van der Waals surface area contributed by atoms with Gasteiger partial charge in [0.2, 0.25) is 5.91 Å². The van der Waals surface area contributed by atoms with Gasteiger partial charge < -0.3 is 15.4 Å². The molecular weight excluding hydrogens is 228 g/mol. The number of methoxy groups -OCH3 is 1. The number of piperidine rings is 1. The lowest BCUT2D eigenvalue weighted by Crippen LogP contribution is -2.45. The summed E-state index contributed by atoms with van der Waals surface area (Å²) in [6, 6.07) is -0.0761. The molecular formula is C14H28N2O2. The second-order valence-electron chi connectivity index (χ2n) is 6.48. The van der Waals surface area contributed by atoms with Crippen LogP contribution >= 0.6 is 0 Å². The van der Waals surface area contributed by atoms with Crippen molar-refractivity contribution in [3.63, 3.8) is 0 Å². The topological polar surface area (TPSA) is 55.6 Å². The summed E-state index contributed by atoms with van der Waals surface area (Å²) in [5.41, 5.74) is 6.06. The fourth-order valence-corrected chi connectivity index (χ4v) is 2.29. The maximum Gasteiger partial charge on any atom is 0.224 e. The number of carbonyl (C=O) groups excluding carboxylic acids is 1. The number of nitrogens with two attached hydrogens (primary N) is 1. The molecule has 0 aromatic rings. The molecule has 2 unspecified atom stereocenters. The van der Waals surface area contributed by atoms with Gasteiger partial charge in [-0.3, -0.25) is 4.79 Å². The second-order valence-corrected chi connectivity index (χ2v) is 6.48. The van der Waals surface area contributed by atoms with E-state index in [9.17, 15) is 4.79 Å². The van der Waals surface area contributed by atoms with E-state index in [0.29, 0.717) is 12.3 Å². The quantitative estimate of drug-likeness (QED) is 0.832. The highest BCUT2D eigenvalue weighted by atomic mass is 16.5. The molecule has 1 heterocycles. The highest BCUT2D eigenvalue weighted by Gasteiger charge is 2.28. The third-order valence-corrected chi connectivity index (χ3v) is 3.78. The molecule has 2 atom stereocenters. The van der Waals surface area contributed by atoms with Crippen molar-refractivity contribution in [2.45, 2.75) is 46.1 Å². The first kappa shape index (κ1) is 15.4. The van der Waals surface area contributed by atoms with Gasteiger partial charge in [-0.25, -0.2) is 0 Å². The van der Waals surface area contributed by atoms with Crippen molar-refractivity contribution in [2.24, 2.45) is 17.1 Å². The largest absolute Gasteiger partial charge is 0.384 e. The lowest BCUT2D eigenvalue weighted by molar-refractivity contribution is -0.134. The van der Waals surface area contributed by atoms with Crippen LogP contribution in [0, 0.1) is 11.3 Å². The Kier molecular flexibility index (Phi) is 5.60. The number of rotatable bonds is 4. The molecule has 2 N–H and O–H groups in total. The molecule has 1 rings (SSSR count). The van der Waals surface area contributed by atoms with E-state index in [-0.39, 0.29) is 17.4 Å². The van der Waals surface area contributed by atoms with Crippen molar-refractivity contribution < 1.29 is 9.53 Å². The van der Waals surface area contributed by atoms with Crippen molar-refractivity contribution in [2.75, 3.05) is 26.8 Å². The van der Waals surface area contributed by atoms with Gasteiger partial charge in [-0.15, -0.1) is 0 Å². The van der Waals surface area contributed by atoms with Gasteiger partial charge in [0, 0.05) is 32.7 Å². The molecule has 0 saturated carbocycles. The zero-order valence-electron chi connectivity index (χ0n) is 12.2. The Bertz CT molecular complexity index is 271. The lowest BCUT2D eigenvalue weighted by atomic mass is 9.85. The first-order chi connectivity index (χ1) is 8.34. The monoisotopic (exact) mass is 256 g/mol. The number of hydrogen-bond acceptors (Lipinski definition) is 3. The van der Waals surface area contributed by atoms with E-state index in [1.807, 2.05) is 4.90 Å². The standard InChI is InChI=1S/C14H28N2O2/c1-14(2,3)12(15)8-13(17)16-7-5-6-11(9-16)10-18-4/h11-12H,5-10,15H2,1-4H3. The summed E-state index contributed by atoms with van der Waals surface area (Å²) in [5, 5.41) is 0. The van der Waals surface area contributed by atoms with Crippen molar-refractivity contribution in [1.29, 1.82) is 0 Å². The first-order valence-corrected chi connectivity index (χ1v) is 6.87. The number of ether oxygens (including phenoxy) is 1. The van der Waals surface area contributed by atoms with E-state index in [2.05, 4.69) is 20.8 Å². The number of likely N-dealkylation sites (tertiary alicyclic amines) is 1. The van der Waals surface area contributed by atoms with E-state index in [1.54, 1.807) is 7.11 Å². The van der Waals surface area contributed by atoms with Crippen LogP contribution in [0.25, 0.3) is 0 Å². The summed E-state index contributed by atoms with van der Waals surface area (Å²) in [4.78, 5) is 14.2. The van der Waals surface area contributed by atoms with Crippen molar-refractivity contribution in [1.82, 2.24) is 4.90 Å². The van der Waals surface area contributed by atoms with Crippen LogP contribution in [0.1, 0.15) is 40.0 Å². The third-order valence-electron chi connectivity index (χ3n) is 3.78. The van der Waals surface area contributed by atoms with Gasteiger partial charge in [-0.05, 0) is 24.2 Å². The Morgan fingerprint density at radius 2 is 2.17 bits per heavy atom. The van der Waals surface area contributed by atoms with Crippen LogP contribution in [0.5, 0.6) is 0 Å². The molecule has 4 nitrogen and oxygen atoms in total. The second kappa shape index (κ2) is 6.53. The molecule has 1 fully saturated rings. The van der Waals surface area contributed by atoms with E-state index in [4.69, 9.17) is 10.5 Å². The molecule has 0 radical (unpaired) electrons. The summed E-state index contributed by atoms with van der Waals surface area (Å²) in [7, 11) is 1.72. The smallest absolute Gasteiger partial charge is 0.224 e. The van der Waals surface area contributed by atoms with Crippen LogP contribution in [-0.4, -0.2) is 43.7 Å². The van der Waals surface area contributed by atoms with Gasteiger partial charge >= 0.3 is 0 Å². The highest BCUT2D eigenvalue weighted by Crippen LogP contribution is 2.22. The predicted molar refractivity (Wildman–Crippen MR) is 73.2 cm³/mol. The maximum absolute atomic E-state index is 12.2. The minimum Gasteiger partial charge on any atom is -0.384 e. The molecule has 1 aliphatic heterocycles. The first-order valence-electron chi connectivity index (χ1n) is 6.87. The summed E-state index contributed by atoms with van der Waals surface area (Å²) >= 11 is 0. The Balaban J connectivity index is 2.46. The highest BCUT2D eigenvalue weighted by molar-refractivity contribution is 5.77. The number of carbonyl (C=O) groups is 1. The molecule has 0 aromatic carbocycles. The third kappa shape index (κ3) is 4.58. The molecule has 106 valence electrons. The van der Waals surface area contributed by atoms with Gasteiger partial charge in [0.1, 0.15) is 0 Å². The van der Waals surface area contributed by atoms with Crippen LogP contribution in [0.4, 0.5) is 0 Å². The zero-order valence-corrected chi connectivity index (χ0v) is 12.2. The van der Waals surface area contributed by atoms with E-state index in [0.717, 1.165) is 32.5 Å². The average molecular weight is 256 g/mol. The van der Waals surface area contributed by atoms with Crippen LogP contribution in [0.2, 0.25) is 0 Å². The summed E-state index contributed by atoms with van der Waals surface area (Å²) in [6.07, 6.45) is 2.68. The Labute approximate surface area is 111 Å². The molecule has 0 aromatic heterocycles. The molecule has 0 bridgehead atoms. The van der Waals surface area contributed by atoms with E-state index >= 15 is 0 Å². The number of nitrogens with zero attached hydrogens (tertiary/aromatic N) is 1. The van der Waals surface area contributed by atoms with Crippen LogP contribution in [0.3, 0.4) is 0 Å². The van der Waals surface area contributed by atoms with E-state index < -0.39 is 0 Å². The predicted octanol–water partition coefficient (Wildman–Crippen LogP) is 1.63. The van der Waals surface area contributed by atoms with Crippen molar-refractivity contribution >= 4 is 5.91 Å². The van der Waals surface area contributed by atoms with Gasteiger partial charge in [0.25, 0.3) is 0 Å². The van der Waals surface area contributed by atoms with Gasteiger partial charge in [0.15, 0.2) is 0 Å². The molecule has 1 saturated heterocycles. The molecule has 1 amide bonds. The Morgan fingerprint density at radius 3 is 2.72 bits per heavy atom. The zero-order chi connectivity index (χ0) is 13.8. The lowest BCUT2D eigenvalue weighted by Gasteiger charge is -2.34. The van der Waals surface area contributed by atoms with Crippen LogP contribution in [0.15, 0.2) is 0 Å². The average Bonchev–Trinajstić information content (AvgIpc) is 2.28. The minimum absolute atomic E-state index is 0.0165. The van der Waals surface area contributed by atoms with Gasteiger partial charge in [0.05, 0.1) is 6.61 Å². The van der Waals surface area contributed by atoms with Crippen molar-refractivity contribution in [3.05, 3.63) is 0 Å². The SMILES string of the molecule is COCC1CCCN(C(=O)CC(N)C(C)(C)C)C1. The number of hydrogen-bond donors (Lipinski definition) is 1.